The summed E-state index contributed by atoms with van der Waals surface area (Å²) in [6.45, 7) is 18.5. The molecule has 202 valence electrons. The summed E-state index contributed by atoms with van der Waals surface area (Å²) in [5.41, 5.74) is 1.50. The maximum Gasteiger partial charge on any atom is 0.310 e. The van der Waals surface area contributed by atoms with Crippen molar-refractivity contribution in [3.63, 3.8) is 0 Å². The second kappa shape index (κ2) is 7.85. The molecule has 0 heterocycles. The van der Waals surface area contributed by atoms with Crippen molar-refractivity contribution >= 4 is 11.9 Å². The minimum Gasteiger partial charge on any atom is -0.481 e. The van der Waals surface area contributed by atoms with Crippen LogP contribution in [0.15, 0.2) is 11.6 Å². The van der Waals surface area contributed by atoms with Crippen LogP contribution in [0.25, 0.3) is 0 Å². The number of allylic oxidation sites excluding steroid dienone is 2. The summed E-state index contributed by atoms with van der Waals surface area (Å²) in [6, 6.07) is 0. The van der Waals surface area contributed by atoms with E-state index in [1.807, 2.05) is 0 Å². The van der Waals surface area contributed by atoms with E-state index in [0.717, 1.165) is 57.8 Å². The summed E-state index contributed by atoms with van der Waals surface area (Å²) >= 11 is 0. The Kier molecular flexibility index (Phi) is 5.74. The molecule has 4 saturated carbocycles. The zero-order chi connectivity index (χ0) is 26.5. The van der Waals surface area contributed by atoms with E-state index < -0.39 is 11.4 Å². The fourth-order valence-electron chi connectivity index (χ4n) is 11.0. The Hall–Kier alpha value is -1.32. The fraction of sp³-hybridized carbons (Fsp3) is 0.875. The highest BCUT2D eigenvalue weighted by atomic mass is 16.5. The highest BCUT2D eigenvalue weighted by Gasteiger charge is 2.69. The monoisotopic (exact) mass is 498 g/mol. The SMILES string of the molecule is CC(=O)O[C@H]1CC[C@@]2(C)C(CC[C@]3(C)C2CC=C2[C@@H]4CC(C)(C)CC[C@]4(C(=O)O)CC[C@]23C)C1(C)C. The van der Waals surface area contributed by atoms with Crippen LogP contribution in [0.2, 0.25) is 0 Å². The van der Waals surface area contributed by atoms with Crippen molar-refractivity contribution in [3.05, 3.63) is 11.6 Å². The Morgan fingerprint density at radius 2 is 1.56 bits per heavy atom. The van der Waals surface area contributed by atoms with E-state index in [9.17, 15) is 14.7 Å². The topological polar surface area (TPSA) is 63.6 Å². The van der Waals surface area contributed by atoms with Gasteiger partial charge in [-0.25, -0.2) is 0 Å². The van der Waals surface area contributed by atoms with Gasteiger partial charge in [-0.1, -0.05) is 60.1 Å². The van der Waals surface area contributed by atoms with Crippen molar-refractivity contribution in [1.29, 1.82) is 0 Å². The number of rotatable bonds is 2. The molecule has 0 amide bonds. The molecule has 5 aliphatic carbocycles. The fourth-order valence-corrected chi connectivity index (χ4v) is 11.0. The number of esters is 1. The molecule has 0 aliphatic heterocycles. The lowest BCUT2D eigenvalue weighted by atomic mass is 9.33. The number of carbonyl (C=O) groups is 2. The average molecular weight is 499 g/mol. The minimum atomic E-state index is -0.574. The van der Waals surface area contributed by atoms with Crippen molar-refractivity contribution < 1.29 is 19.4 Å². The van der Waals surface area contributed by atoms with Gasteiger partial charge in [0.05, 0.1) is 5.41 Å². The predicted molar refractivity (Wildman–Crippen MR) is 142 cm³/mol. The third kappa shape index (κ3) is 3.30. The molecular weight excluding hydrogens is 448 g/mol. The van der Waals surface area contributed by atoms with Crippen LogP contribution in [0.4, 0.5) is 0 Å². The van der Waals surface area contributed by atoms with Gasteiger partial charge in [0.25, 0.3) is 0 Å². The van der Waals surface area contributed by atoms with Crippen molar-refractivity contribution in [2.24, 2.45) is 50.2 Å². The van der Waals surface area contributed by atoms with E-state index in [4.69, 9.17) is 4.74 Å². The van der Waals surface area contributed by atoms with Crippen molar-refractivity contribution in [2.45, 2.75) is 126 Å². The lowest BCUT2D eigenvalue weighted by Gasteiger charge is -2.71. The smallest absolute Gasteiger partial charge is 0.310 e. The molecule has 1 N–H and O–H groups in total. The molecule has 5 rings (SSSR count). The molecule has 4 nitrogen and oxygen atoms in total. The van der Waals surface area contributed by atoms with Crippen LogP contribution in [0.1, 0.15) is 120 Å². The summed E-state index contributed by atoms with van der Waals surface area (Å²) in [6.07, 6.45) is 12.6. The predicted octanol–water partition coefficient (Wildman–Crippen LogP) is 7.80. The van der Waals surface area contributed by atoms with Crippen molar-refractivity contribution in [2.75, 3.05) is 0 Å². The van der Waals surface area contributed by atoms with E-state index >= 15 is 0 Å². The van der Waals surface area contributed by atoms with Crippen LogP contribution in [-0.4, -0.2) is 23.1 Å². The molecule has 4 fully saturated rings. The van der Waals surface area contributed by atoms with Gasteiger partial charge in [0.1, 0.15) is 6.10 Å². The molecule has 0 saturated heterocycles. The first-order valence-corrected chi connectivity index (χ1v) is 14.6. The van der Waals surface area contributed by atoms with Crippen LogP contribution in [0, 0.1) is 50.2 Å². The lowest BCUT2D eigenvalue weighted by molar-refractivity contribution is -0.213. The second-order valence-electron chi connectivity index (χ2n) is 15.6. The Morgan fingerprint density at radius 3 is 2.19 bits per heavy atom. The van der Waals surface area contributed by atoms with E-state index in [0.29, 0.717) is 11.8 Å². The zero-order valence-electron chi connectivity index (χ0n) is 24.1. The van der Waals surface area contributed by atoms with Crippen LogP contribution < -0.4 is 0 Å². The molecule has 0 aromatic heterocycles. The molecule has 0 radical (unpaired) electrons. The van der Waals surface area contributed by atoms with Gasteiger partial charge in [0.15, 0.2) is 0 Å². The molecule has 8 atom stereocenters. The second-order valence-corrected chi connectivity index (χ2v) is 15.6. The Balaban J connectivity index is 1.55. The highest BCUT2D eigenvalue weighted by molar-refractivity contribution is 5.76. The third-order valence-corrected chi connectivity index (χ3v) is 13.3. The van der Waals surface area contributed by atoms with Gasteiger partial charge in [-0.3, -0.25) is 9.59 Å². The number of carboxylic acids is 1. The first kappa shape index (κ1) is 26.3. The van der Waals surface area contributed by atoms with E-state index in [-0.39, 0.29) is 45.1 Å². The molecule has 36 heavy (non-hydrogen) atoms. The van der Waals surface area contributed by atoms with E-state index in [1.165, 1.54) is 12.0 Å². The molecule has 2 unspecified atom stereocenters. The van der Waals surface area contributed by atoms with Crippen LogP contribution >= 0.6 is 0 Å². The quantitative estimate of drug-likeness (QED) is 0.311. The number of hydrogen-bond donors (Lipinski definition) is 1. The van der Waals surface area contributed by atoms with Gasteiger partial charge >= 0.3 is 11.9 Å². The Morgan fingerprint density at radius 1 is 0.889 bits per heavy atom. The first-order chi connectivity index (χ1) is 16.5. The molecule has 0 aromatic rings. The molecule has 0 aromatic carbocycles. The van der Waals surface area contributed by atoms with Crippen LogP contribution in [0.5, 0.6) is 0 Å². The molecule has 0 spiro atoms. The number of ether oxygens (including phenoxy) is 1. The number of hydrogen-bond acceptors (Lipinski definition) is 3. The number of carboxylic acid groups (broad SMARTS) is 1. The van der Waals surface area contributed by atoms with Crippen molar-refractivity contribution in [1.82, 2.24) is 0 Å². The number of carbonyl (C=O) groups excluding carboxylic acids is 1. The van der Waals surface area contributed by atoms with Gasteiger partial charge in [-0.2, -0.15) is 0 Å². The Labute approximate surface area is 219 Å². The highest BCUT2D eigenvalue weighted by Crippen LogP contribution is 2.75. The van der Waals surface area contributed by atoms with Gasteiger partial charge in [-0.15, -0.1) is 0 Å². The maximum atomic E-state index is 12.8. The molecular formula is C32H50O4. The number of fused-ring (bicyclic) bond motifs is 7. The first-order valence-electron chi connectivity index (χ1n) is 14.6. The van der Waals surface area contributed by atoms with Gasteiger partial charge in [0.2, 0.25) is 0 Å². The van der Waals surface area contributed by atoms with E-state index in [1.54, 1.807) is 6.92 Å². The van der Waals surface area contributed by atoms with Gasteiger partial charge in [-0.05, 0) is 104 Å². The summed E-state index contributed by atoms with van der Waals surface area (Å²) in [4.78, 5) is 24.7. The molecule has 4 heteroatoms. The maximum absolute atomic E-state index is 12.8. The summed E-state index contributed by atoms with van der Waals surface area (Å²) in [5, 5.41) is 10.5. The summed E-state index contributed by atoms with van der Waals surface area (Å²) in [7, 11) is 0. The standard InChI is InChI=1S/C32H50O4/c1-20(33)36-25-12-13-29(6)23(28(25,4)5)11-14-31(8)24(29)10-9-21-22-19-27(2,3)15-17-32(22,26(34)35)18-16-30(21,31)7/h9,22-25H,10-19H2,1-8H3,(H,34,35)/t22-,23?,24?,25-,29-,30+,31+,32-/m0/s1. The third-order valence-electron chi connectivity index (χ3n) is 13.3. The van der Waals surface area contributed by atoms with Crippen LogP contribution in [0.3, 0.4) is 0 Å². The summed E-state index contributed by atoms with van der Waals surface area (Å²) in [5.74, 6) is 0.546. The minimum absolute atomic E-state index is 0.00181. The lowest BCUT2D eigenvalue weighted by Crippen LogP contribution is -2.65. The average Bonchev–Trinajstić information content (AvgIpc) is 2.75. The largest absolute Gasteiger partial charge is 0.481 e. The van der Waals surface area contributed by atoms with Gasteiger partial charge in [0, 0.05) is 12.3 Å². The normalized spacial score (nSPS) is 48.8. The molecule has 0 bridgehead atoms. The zero-order valence-corrected chi connectivity index (χ0v) is 24.1. The summed E-state index contributed by atoms with van der Waals surface area (Å²) < 4.78 is 5.87. The van der Waals surface area contributed by atoms with Gasteiger partial charge < -0.3 is 9.84 Å². The van der Waals surface area contributed by atoms with Crippen molar-refractivity contribution in [3.8, 4) is 0 Å². The van der Waals surface area contributed by atoms with E-state index in [2.05, 4.69) is 54.5 Å². The number of aliphatic carboxylic acids is 1. The van der Waals surface area contributed by atoms with Crippen LogP contribution in [-0.2, 0) is 14.3 Å². The Bertz CT molecular complexity index is 992. The molecule has 5 aliphatic rings.